The largest absolute Gasteiger partial charge is 0.405 e. The lowest BCUT2D eigenvalue weighted by Gasteiger charge is -2.25. The number of aliphatic hydroxyl groups is 1. The van der Waals surface area contributed by atoms with E-state index in [1.165, 1.54) is 6.07 Å². The smallest absolute Gasteiger partial charge is 0.395 e. The van der Waals surface area contributed by atoms with Crippen LogP contribution in [0.2, 0.25) is 10.0 Å². The molecule has 0 fully saturated rings. The Hall–Kier alpha value is -0.920. The molecule has 0 aliphatic heterocycles. The fraction of sp³-hybridized carbons (Fsp3) is 0.444. The maximum atomic E-state index is 12.4. The Bertz CT molecular complexity index is 428. The van der Waals surface area contributed by atoms with Crippen LogP contribution >= 0.6 is 23.2 Å². The third kappa shape index (κ3) is 4.08. The van der Waals surface area contributed by atoms with Gasteiger partial charge in [0.2, 0.25) is 0 Å². The number of halogens is 5. The molecule has 0 radical (unpaired) electrons. The number of hydrogen-bond donors (Lipinski definition) is 2. The highest BCUT2D eigenvalue weighted by Gasteiger charge is 2.32. The Balaban J connectivity index is 3.09. The van der Waals surface area contributed by atoms with Crippen molar-refractivity contribution < 1.29 is 18.3 Å². The monoisotopic (exact) mass is 303 g/mol. The third-order valence-corrected chi connectivity index (χ3v) is 2.56. The quantitative estimate of drug-likeness (QED) is 0.896. The minimum atomic E-state index is -4.45. The number of pyridine rings is 1. The van der Waals surface area contributed by atoms with Crippen LogP contribution in [0.15, 0.2) is 6.07 Å². The van der Waals surface area contributed by atoms with Crippen LogP contribution in [0.4, 0.5) is 24.8 Å². The van der Waals surface area contributed by atoms with Crippen molar-refractivity contribution in [3.8, 4) is 0 Å². The Labute approximate surface area is 111 Å². The summed E-state index contributed by atoms with van der Waals surface area (Å²) in [7, 11) is 0. The van der Waals surface area contributed by atoms with Gasteiger partial charge in [-0.3, -0.25) is 0 Å². The number of alkyl halides is 3. The molecular formula is C9H10Cl2F3N3O. The fourth-order valence-electron chi connectivity index (χ4n) is 1.29. The van der Waals surface area contributed by atoms with Crippen LogP contribution < -0.4 is 10.6 Å². The molecule has 4 nitrogen and oxygen atoms in total. The highest BCUT2D eigenvalue weighted by molar-refractivity contribution is 6.37. The summed E-state index contributed by atoms with van der Waals surface area (Å²) in [6, 6.07) is 1.21. The molecule has 102 valence electrons. The zero-order valence-electron chi connectivity index (χ0n) is 9.01. The first-order valence-electron chi connectivity index (χ1n) is 4.78. The Morgan fingerprint density at radius 1 is 1.33 bits per heavy atom. The molecule has 0 aromatic carbocycles. The molecule has 0 saturated heterocycles. The number of anilines is 2. The number of hydrogen-bond acceptors (Lipinski definition) is 4. The maximum absolute atomic E-state index is 12.4. The lowest BCUT2D eigenvalue weighted by atomic mass is 10.3. The summed E-state index contributed by atoms with van der Waals surface area (Å²) >= 11 is 11.4. The Morgan fingerprint density at radius 3 is 2.44 bits per heavy atom. The molecule has 1 rings (SSSR count). The maximum Gasteiger partial charge on any atom is 0.405 e. The molecule has 9 heteroatoms. The predicted molar refractivity (Wildman–Crippen MR) is 64.0 cm³/mol. The summed E-state index contributed by atoms with van der Waals surface area (Å²) in [5.74, 6) is -0.286. The van der Waals surface area contributed by atoms with Crippen LogP contribution in [0.3, 0.4) is 0 Å². The molecule has 0 amide bonds. The first-order valence-corrected chi connectivity index (χ1v) is 5.54. The predicted octanol–water partition coefficient (Wildman–Crippen LogP) is 2.33. The number of aliphatic hydroxyl groups excluding tert-OH is 1. The third-order valence-electron chi connectivity index (χ3n) is 1.98. The summed E-state index contributed by atoms with van der Waals surface area (Å²) < 4.78 is 37.1. The van der Waals surface area contributed by atoms with E-state index in [0.29, 0.717) is 0 Å². The second kappa shape index (κ2) is 5.81. The standard InChI is InChI=1S/C9H10Cl2F3N3O/c10-5-3-6(11)8(16-7(5)15)17(1-2-18)4-9(12,13)14/h3,18H,1-2,4H2,(H2,15,16). The number of nitrogens with zero attached hydrogens (tertiary/aromatic N) is 2. The molecule has 1 aromatic rings. The van der Waals surface area contributed by atoms with Gasteiger partial charge in [-0.1, -0.05) is 23.2 Å². The van der Waals surface area contributed by atoms with Crippen molar-refractivity contribution in [2.24, 2.45) is 0 Å². The Morgan fingerprint density at radius 2 is 1.94 bits per heavy atom. The zero-order valence-corrected chi connectivity index (χ0v) is 10.5. The molecule has 0 spiro atoms. The molecular weight excluding hydrogens is 294 g/mol. The topological polar surface area (TPSA) is 62.4 Å². The van der Waals surface area contributed by atoms with E-state index in [4.69, 9.17) is 34.0 Å². The van der Waals surface area contributed by atoms with E-state index in [2.05, 4.69) is 4.98 Å². The molecule has 18 heavy (non-hydrogen) atoms. The van der Waals surface area contributed by atoms with Gasteiger partial charge in [0.15, 0.2) is 0 Å². The van der Waals surface area contributed by atoms with Crippen molar-refractivity contribution in [1.82, 2.24) is 4.98 Å². The summed E-state index contributed by atoms with van der Waals surface area (Å²) in [5, 5.41) is 8.76. The molecule has 0 saturated carbocycles. The highest BCUT2D eigenvalue weighted by Crippen LogP contribution is 2.31. The van der Waals surface area contributed by atoms with Crippen LogP contribution in [-0.4, -0.2) is 36.0 Å². The van der Waals surface area contributed by atoms with E-state index in [0.717, 1.165) is 4.90 Å². The number of rotatable bonds is 4. The molecule has 0 bridgehead atoms. The second-order valence-corrected chi connectivity index (χ2v) is 4.24. The lowest BCUT2D eigenvalue weighted by Crippen LogP contribution is -2.37. The summed E-state index contributed by atoms with van der Waals surface area (Å²) in [5.41, 5.74) is 5.42. The van der Waals surface area contributed by atoms with Gasteiger partial charge in [-0.05, 0) is 6.07 Å². The molecule has 0 atom stereocenters. The number of aromatic nitrogens is 1. The van der Waals surface area contributed by atoms with Gasteiger partial charge in [-0.25, -0.2) is 4.98 Å². The van der Waals surface area contributed by atoms with Crippen LogP contribution in [-0.2, 0) is 0 Å². The van der Waals surface area contributed by atoms with Gasteiger partial charge >= 0.3 is 6.18 Å². The average Bonchev–Trinajstić information content (AvgIpc) is 2.21. The van der Waals surface area contributed by atoms with Gasteiger partial charge in [-0.2, -0.15) is 13.2 Å². The van der Waals surface area contributed by atoms with Gasteiger partial charge in [-0.15, -0.1) is 0 Å². The van der Waals surface area contributed by atoms with E-state index in [1.54, 1.807) is 0 Å². The van der Waals surface area contributed by atoms with E-state index in [-0.39, 0.29) is 28.2 Å². The van der Waals surface area contributed by atoms with Crippen molar-refractivity contribution in [2.75, 3.05) is 30.3 Å². The van der Waals surface area contributed by atoms with Crippen molar-refractivity contribution >= 4 is 34.8 Å². The molecule has 0 aliphatic rings. The second-order valence-electron chi connectivity index (χ2n) is 3.42. The SMILES string of the molecule is Nc1nc(N(CCO)CC(F)(F)F)c(Cl)cc1Cl. The van der Waals surface area contributed by atoms with Crippen molar-refractivity contribution in [1.29, 1.82) is 0 Å². The molecule has 3 N–H and O–H groups in total. The fourth-order valence-corrected chi connectivity index (χ4v) is 1.77. The number of nitrogens with two attached hydrogens (primary N) is 1. The van der Waals surface area contributed by atoms with Gasteiger partial charge in [0.1, 0.15) is 18.2 Å². The lowest BCUT2D eigenvalue weighted by molar-refractivity contribution is -0.119. The summed E-state index contributed by atoms with van der Waals surface area (Å²) in [4.78, 5) is 4.49. The summed E-state index contributed by atoms with van der Waals surface area (Å²) in [6.45, 7) is -2.04. The normalized spacial score (nSPS) is 11.7. The first-order chi connectivity index (χ1) is 8.24. The first kappa shape index (κ1) is 15.1. The van der Waals surface area contributed by atoms with Crippen molar-refractivity contribution in [3.05, 3.63) is 16.1 Å². The van der Waals surface area contributed by atoms with Crippen LogP contribution in [0, 0.1) is 0 Å². The van der Waals surface area contributed by atoms with Crippen molar-refractivity contribution in [2.45, 2.75) is 6.18 Å². The molecule has 0 unspecified atom stereocenters. The van der Waals surface area contributed by atoms with E-state index < -0.39 is 19.3 Å². The summed E-state index contributed by atoms with van der Waals surface area (Å²) in [6.07, 6.45) is -4.45. The zero-order chi connectivity index (χ0) is 13.9. The Kier molecular flexibility index (Phi) is 4.89. The number of nitrogen functional groups attached to an aromatic ring is 1. The minimum absolute atomic E-state index is 0.0553. The van der Waals surface area contributed by atoms with Gasteiger partial charge in [0.05, 0.1) is 16.7 Å². The average molecular weight is 304 g/mol. The van der Waals surface area contributed by atoms with E-state index in [1.807, 2.05) is 0 Å². The van der Waals surface area contributed by atoms with Gasteiger partial charge in [0.25, 0.3) is 0 Å². The van der Waals surface area contributed by atoms with Gasteiger partial charge < -0.3 is 15.7 Å². The highest BCUT2D eigenvalue weighted by atomic mass is 35.5. The van der Waals surface area contributed by atoms with Gasteiger partial charge in [0, 0.05) is 6.54 Å². The van der Waals surface area contributed by atoms with E-state index >= 15 is 0 Å². The van der Waals surface area contributed by atoms with Crippen LogP contribution in [0.1, 0.15) is 0 Å². The van der Waals surface area contributed by atoms with E-state index in [9.17, 15) is 13.2 Å². The molecule has 0 aliphatic carbocycles. The molecule has 1 aromatic heterocycles. The van der Waals surface area contributed by atoms with Crippen LogP contribution in [0.25, 0.3) is 0 Å². The minimum Gasteiger partial charge on any atom is -0.395 e. The molecule has 1 heterocycles. The van der Waals surface area contributed by atoms with Crippen LogP contribution in [0.5, 0.6) is 0 Å². The van der Waals surface area contributed by atoms with Crippen molar-refractivity contribution in [3.63, 3.8) is 0 Å².